The summed E-state index contributed by atoms with van der Waals surface area (Å²) in [6, 6.07) is 7.49. The molecule has 0 radical (unpaired) electrons. The Kier molecular flexibility index (Phi) is 5.35. The number of halogens is 3. The largest absolute Gasteiger partial charge is 0.416 e. The summed E-state index contributed by atoms with van der Waals surface area (Å²) in [4.78, 5) is 21.3. The smallest absolute Gasteiger partial charge is 0.368 e. The van der Waals surface area contributed by atoms with Crippen LogP contribution in [0.4, 0.5) is 18.9 Å². The van der Waals surface area contributed by atoms with E-state index in [2.05, 4.69) is 11.4 Å². The Bertz CT molecular complexity index is 877. The van der Waals surface area contributed by atoms with E-state index in [0.717, 1.165) is 38.2 Å². The molecule has 1 N–H and O–H groups in total. The summed E-state index contributed by atoms with van der Waals surface area (Å²) in [6.45, 7) is 2.10. The van der Waals surface area contributed by atoms with Crippen LogP contribution in [0.25, 0.3) is 0 Å². The van der Waals surface area contributed by atoms with Crippen molar-refractivity contribution in [1.29, 1.82) is 5.26 Å². The highest BCUT2D eigenvalue weighted by atomic mass is 19.4. The molecule has 0 aromatic heterocycles. The molecule has 160 valence electrons. The molecule has 1 amide bonds. The highest BCUT2D eigenvalue weighted by Crippen LogP contribution is 2.40. The van der Waals surface area contributed by atoms with Gasteiger partial charge in [0.1, 0.15) is 0 Å². The van der Waals surface area contributed by atoms with Crippen molar-refractivity contribution in [2.45, 2.75) is 43.8 Å². The molecular formula is C21H24F3N5O. The second-order valence-corrected chi connectivity index (χ2v) is 8.17. The van der Waals surface area contributed by atoms with Crippen LogP contribution in [0.2, 0.25) is 0 Å². The van der Waals surface area contributed by atoms with Crippen molar-refractivity contribution >= 4 is 17.6 Å². The fraction of sp³-hybridized carbons (Fsp3) is 0.571. The van der Waals surface area contributed by atoms with E-state index in [1.807, 2.05) is 9.80 Å². The van der Waals surface area contributed by atoms with Crippen LogP contribution in [-0.4, -0.2) is 48.5 Å². The van der Waals surface area contributed by atoms with Gasteiger partial charge < -0.3 is 9.80 Å². The lowest BCUT2D eigenvalue weighted by atomic mass is 9.72. The van der Waals surface area contributed by atoms with Crippen LogP contribution in [0.5, 0.6) is 0 Å². The molecule has 1 atom stereocenters. The highest BCUT2D eigenvalue weighted by Gasteiger charge is 2.48. The number of rotatable bonds is 1. The number of nitrogens with zero attached hydrogens (tertiary/aromatic N) is 4. The molecule has 6 nitrogen and oxygen atoms in total. The Balaban J connectivity index is 1.49. The van der Waals surface area contributed by atoms with Gasteiger partial charge >= 0.3 is 6.18 Å². The number of hydrogen-bond donors (Lipinski definition) is 1. The number of alkyl halides is 3. The molecule has 0 unspecified atom stereocenters. The fourth-order valence-electron chi connectivity index (χ4n) is 4.68. The van der Waals surface area contributed by atoms with Crippen molar-refractivity contribution in [3.05, 3.63) is 29.8 Å². The standard InChI is InChI=1S/C21H24F3N5O/c22-21(23,24)15-5-4-6-16(13-15)28-9-11-29(12-10-28)19-26-18(30)17(14-25)20(27-19)7-2-1-3-8-20/h4-6,13,17H,1-3,7-12H2,(H,26,27,30)/t17-/m1/s1. The number of guanidine groups is 1. The summed E-state index contributed by atoms with van der Waals surface area (Å²) in [7, 11) is 0. The maximum Gasteiger partial charge on any atom is 0.416 e. The summed E-state index contributed by atoms with van der Waals surface area (Å²) in [5.74, 6) is -0.574. The van der Waals surface area contributed by atoms with Crippen molar-refractivity contribution in [3.8, 4) is 6.07 Å². The van der Waals surface area contributed by atoms with Gasteiger partial charge in [0.05, 0.1) is 17.2 Å². The quantitative estimate of drug-likeness (QED) is 0.759. The molecule has 1 spiro atoms. The first kappa shape index (κ1) is 20.5. The first-order valence-electron chi connectivity index (χ1n) is 10.3. The van der Waals surface area contributed by atoms with E-state index in [9.17, 15) is 23.2 Å². The molecule has 2 fully saturated rings. The maximum atomic E-state index is 13.0. The Labute approximate surface area is 173 Å². The van der Waals surface area contributed by atoms with E-state index < -0.39 is 23.2 Å². The molecule has 2 aliphatic heterocycles. The molecule has 30 heavy (non-hydrogen) atoms. The highest BCUT2D eigenvalue weighted by molar-refractivity contribution is 6.02. The number of carbonyl (C=O) groups is 1. The van der Waals surface area contributed by atoms with E-state index >= 15 is 0 Å². The normalized spacial score (nSPS) is 24.3. The van der Waals surface area contributed by atoms with E-state index in [1.165, 1.54) is 12.1 Å². The van der Waals surface area contributed by atoms with Crippen molar-refractivity contribution in [2.75, 3.05) is 31.1 Å². The lowest BCUT2D eigenvalue weighted by molar-refractivity contribution is -0.137. The van der Waals surface area contributed by atoms with Crippen LogP contribution in [0.15, 0.2) is 29.3 Å². The molecule has 2 heterocycles. The van der Waals surface area contributed by atoms with Crippen LogP contribution in [-0.2, 0) is 11.0 Å². The molecule has 1 saturated carbocycles. The van der Waals surface area contributed by atoms with Crippen molar-refractivity contribution in [3.63, 3.8) is 0 Å². The molecule has 0 bridgehead atoms. The van der Waals surface area contributed by atoms with Gasteiger partial charge in [0.2, 0.25) is 11.9 Å². The zero-order chi connectivity index (χ0) is 21.4. The summed E-state index contributed by atoms with van der Waals surface area (Å²) < 4.78 is 39.0. The molecule has 9 heteroatoms. The Hall–Kier alpha value is -2.76. The van der Waals surface area contributed by atoms with E-state index in [1.54, 1.807) is 6.07 Å². The average Bonchev–Trinajstić information content (AvgIpc) is 2.74. The monoisotopic (exact) mass is 419 g/mol. The number of hydrogen-bond acceptors (Lipinski definition) is 5. The Morgan fingerprint density at radius 1 is 1.10 bits per heavy atom. The minimum Gasteiger partial charge on any atom is -0.368 e. The lowest BCUT2D eigenvalue weighted by Crippen LogP contribution is -2.60. The third-order valence-corrected chi connectivity index (χ3v) is 6.33. The second kappa shape index (κ2) is 7.82. The van der Waals surface area contributed by atoms with Gasteiger partial charge in [0, 0.05) is 31.9 Å². The predicted octanol–water partition coefficient (Wildman–Crippen LogP) is 3.16. The van der Waals surface area contributed by atoms with E-state index in [4.69, 9.17) is 4.99 Å². The van der Waals surface area contributed by atoms with Gasteiger partial charge in [-0.2, -0.15) is 18.4 Å². The number of amides is 1. The van der Waals surface area contributed by atoms with Gasteiger partial charge in [-0.15, -0.1) is 0 Å². The van der Waals surface area contributed by atoms with Crippen molar-refractivity contribution in [2.24, 2.45) is 10.9 Å². The number of nitrogens with one attached hydrogen (secondary N) is 1. The minimum atomic E-state index is -4.37. The molecule has 1 aliphatic carbocycles. The number of nitriles is 1. The van der Waals surface area contributed by atoms with Crippen LogP contribution in [0.1, 0.15) is 37.7 Å². The minimum absolute atomic E-state index is 0.301. The van der Waals surface area contributed by atoms with Crippen molar-refractivity contribution < 1.29 is 18.0 Å². The zero-order valence-electron chi connectivity index (χ0n) is 16.6. The first-order valence-corrected chi connectivity index (χ1v) is 10.3. The molecule has 1 aromatic rings. The van der Waals surface area contributed by atoms with Gasteiger partial charge in [0.15, 0.2) is 5.92 Å². The fourth-order valence-corrected chi connectivity index (χ4v) is 4.68. The maximum absolute atomic E-state index is 13.0. The van der Waals surface area contributed by atoms with E-state index in [0.29, 0.717) is 37.8 Å². The van der Waals surface area contributed by atoms with Gasteiger partial charge in [-0.25, -0.2) is 4.99 Å². The summed E-state index contributed by atoms with van der Waals surface area (Å²) in [5, 5.41) is 12.3. The Morgan fingerprint density at radius 2 is 1.77 bits per heavy atom. The predicted molar refractivity (Wildman–Crippen MR) is 106 cm³/mol. The van der Waals surface area contributed by atoms with Gasteiger partial charge in [-0.1, -0.05) is 25.3 Å². The van der Waals surface area contributed by atoms with Crippen LogP contribution in [0.3, 0.4) is 0 Å². The molecule has 4 rings (SSSR count). The van der Waals surface area contributed by atoms with Crippen LogP contribution >= 0.6 is 0 Å². The molecule has 3 aliphatic rings. The van der Waals surface area contributed by atoms with Crippen molar-refractivity contribution in [1.82, 2.24) is 10.2 Å². The molecule has 1 aromatic carbocycles. The molecule has 1 saturated heterocycles. The Morgan fingerprint density at radius 3 is 2.40 bits per heavy atom. The average molecular weight is 419 g/mol. The first-order chi connectivity index (χ1) is 14.3. The summed E-state index contributed by atoms with van der Waals surface area (Å²) >= 11 is 0. The van der Waals surface area contributed by atoms with E-state index in [-0.39, 0.29) is 5.91 Å². The third-order valence-electron chi connectivity index (χ3n) is 6.33. The van der Waals surface area contributed by atoms with Crippen LogP contribution in [0, 0.1) is 17.2 Å². The third kappa shape index (κ3) is 3.83. The summed E-state index contributed by atoms with van der Waals surface area (Å²) in [6.07, 6.45) is 0.0718. The van der Waals surface area contributed by atoms with Crippen LogP contribution < -0.4 is 10.2 Å². The van der Waals surface area contributed by atoms with Gasteiger partial charge in [-0.05, 0) is 31.0 Å². The second-order valence-electron chi connectivity index (χ2n) is 8.17. The topological polar surface area (TPSA) is 71.7 Å². The number of benzene rings is 1. The lowest BCUT2D eigenvalue weighted by Gasteiger charge is -2.44. The number of anilines is 1. The molecular weight excluding hydrogens is 395 g/mol. The van der Waals surface area contributed by atoms with Gasteiger partial charge in [0.25, 0.3) is 0 Å². The van der Waals surface area contributed by atoms with Gasteiger partial charge in [-0.3, -0.25) is 10.1 Å². The number of piperazine rings is 1. The number of aliphatic imine (C=N–C) groups is 1. The zero-order valence-corrected chi connectivity index (χ0v) is 16.6. The number of carbonyl (C=O) groups excluding carboxylic acids is 1. The summed E-state index contributed by atoms with van der Waals surface area (Å²) in [5.41, 5.74) is -0.774. The SMILES string of the molecule is N#C[C@@H]1C(=O)NC(N2CCN(c3cccc(C(F)(F)F)c3)CC2)=NC12CCCCC2.